The van der Waals surface area contributed by atoms with Crippen molar-refractivity contribution in [3.63, 3.8) is 0 Å². The van der Waals surface area contributed by atoms with Crippen molar-refractivity contribution in [2.24, 2.45) is 0 Å². The van der Waals surface area contributed by atoms with Crippen LogP contribution in [0.3, 0.4) is 0 Å². The van der Waals surface area contributed by atoms with Crippen LogP contribution in [0.15, 0.2) is 18.2 Å². The number of aliphatic hydroxyl groups excluding tert-OH is 2. The molecule has 86 valence electrons. The first-order valence-corrected chi connectivity index (χ1v) is 4.97. The molecule has 1 aromatic rings. The van der Waals surface area contributed by atoms with E-state index in [-0.39, 0.29) is 12.2 Å². The van der Waals surface area contributed by atoms with Gasteiger partial charge in [-0.05, 0) is 18.1 Å². The van der Waals surface area contributed by atoms with Crippen LogP contribution in [0, 0.1) is 6.92 Å². The van der Waals surface area contributed by atoms with E-state index in [9.17, 15) is 14.7 Å². The number of hydrogen-bond donors (Lipinski definition) is 2. The fourth-order valence-corrected chi connectivity index (χ4v) is 1.60. The Kier molecular flexibility index (Phi) is 4.34. The van der Waals surface area contributed by atoms with Crippen LogP contribution in [0.2, 0.25) is 0 Å². The van der Waals surface area contributed by atoms with Crippen molar-refractivity contribution < 1.29 is 19.8 Å². The lowest BCUT2D eigenvalue weighted by molar-refractivity contribution is -0.107. The maximum atomic E-state index is 11.6. The molecule has 1 rings (SSSR count). The number of aliphatic hydroxyl groups is 2. The molecule has 0 heterocycles. The quantitative estimate of drug-likeness (QED) is 0.439. The van der Waals surface area contributed by atoms with Crippen molar-refractivity contribution in [2.75, 3.05) is 6.61 Å². The third-order valence-corrected chi connectivity index (χ3v) is 2.48. The first-order valence-electron chi connectivity index (χ1n) is 4.97. The minimum Gasteiger partial charge on any atom is -0.393 e. The number of carbonyl (C=O) groups excluding carboxylic acids is 2. The molecule has 0 saturated heterocycles. The molecule has 0 spiro atoms. The van der Waals surface area contributed by atoms with Crippen molar-refractivity contribution in [1.82, 2.24) is 0 Å². The Morgan fingerprint density at radius 3 is 2.75 bits per heavy atom. The highest BCUT2D eigenvalue weighted by Gasteiger charge is 2.15. The highest BCUT2D eigenvalue weighted by molar-refractivity contribution is 6.03. The maximum Gasteiger partial charge on any atom is 0.170 e. The Morgan fingerprint density at radius 1 is 1.50 bits per heavy atom. The van der Waals surface area contributed by atoms with Gasteiger partial charge >= 0.3 is 0 Å². The van der Waals surface area contributed by atoms with Gasteiger partial charge in [0.1, 0.15) is 12.4 Å². The number of rotatable bonds is 5. The van der Waals surface area contributed by atoms with Crippen molar-refractivity contribution in [3.8, 4) is 0 Å². The summed E-state index contributed by atoms with van der Waals surface area (Å²) in [6, 6.07) is 4.88. The number of carbonyl (C=O) groups is 2. The molecule has 0 aliphatic carbocycles. The highest BCUT2D eigenvalue weighted by atomic mass is 16.3. The van der Waals surface area contributed by atoms with Gasteiger partial charge in [0.25, 0.3) is 0 Å². The van der Waals surface area contributed by atoms with Gasteiger partial charge in [-0.3, -0.25) is 4.79 Å². The van der Waals surface area contributed by atoms with Gasteiger partial charge in [-0.2, -0.15) is 0 Å². The SMILES string of the molecule is Cc1c(C(=O)CC=O)cccc1[C@@H](O)CO. The zero-order chi connectivity index (χ0) is 12.1. The summed E-state index contributed by atoms with van der Waals surface area (Å²) in [4.78, 5) is 21.8. The summed E-state index contributed by atoms with van der Waals surface area (Å²) >= 11 is 0. The number of hydrogen-bond acceptors (Lipinski definition) is 4. The lowest BCUT2D eigenvalue weighted by Gasteiger charge is -2.13. The van der Waals surface area contributed by atoms with Crippen LogP contribution in [-0.4, -0.2) is 28.9 Å². The van der Waals surface area contributed by atoms with Gasteiger partial charge in [-0.1, -0.05) is 18.2 Å². The summed E-state index contributed by atoms with van der Waals surface area (Å²) in [6.45, 7) is 1.29. The normalized spacial score (nSPS) is 12.2. The van der Waals surface area contributed by atoms with Gasteiger partial charge in [0.05, 0.1) is 13.0 Å². The van der Waals surface area contributed by atoms with Crippen LogP contribution in [0.5, 0.6) is 0 Å². The van der Waals surface area contributed by atoms with Crippen LogP contribution in [-0.2, 0) is 4.79 Å². The highest BCUT2D eigenvalue weighted by Crippen LogP contribution is 2.21. The van der Waals surface area contributed by atoms with E-state index in [1.807, 2.05) is 0 Å². The predicted molar refractivity (Wildman–Crippen MR) is 58.2 cm³/mol. The van der Waals surface area contributed by atoms with Crippen LogP contribution in [0.4, 0.5) is 0 Å². The molecule has 1 atom stereocenters. The minimum atomic E-state index is -0.996. The van der Waals surface area contributed by atoms with Crippen LogP contribution >= 0.6 is 0 Å². The zero-order valence-electron chi connectivity index (χ0n) is 9.01. The van der Waals surface area contributed by atoms with E-state index < -0.39 is 12.7 Å². The number of ketones is 1. The Balaban J connectivity index is 3.13. The smallest absolute Gasteiger partial charge is 0.170 e. The van der Waals surface area contributed by atoms with E-state index in [0.29, 0.717) is 23.0 Å². The maximum absolute atomic E-state index is 11.6. The standard InChI is InChI=1S/C12H14O4/c1-8-9(11(15)5-6-13)3-2-4-10(8)12(16)7-14/h2-4,6,12,14,16H,5,7H2,1H3/t12-/m0/s1. The Hall–Kier alpha value is -1.52. The first-order chi connectivity index (χ1) is 7.61. The number of Topliss-reactive ketones (excluding diaryl/α,β-unsaturated/α-hetero) is 1. The number of benzene rings is 1. The molecule has 4 heteroatoms. The molecule has 4 nitrogen and oxygen atoms in total. The van der Waals surface area contributed by atoms with Crippen molar-refractivity contribution in [2.45, 2.75) is 19.4 Å². The lowest BCUT2D eigenvalue weighted by atomic mass is 9.95. The zero-order valence-corrected chi connectivity index (χ0v) is 9.01. The van der Waals surface area contributed by atoms with E-state index in [2.05, 4.69) is 0 Å². The van der Waals surface area contributed by atoms with Gasteiger partial charge in [0.15, 0.2) is 5.78 Å². The van der Waals surface area contributed by atoms with E-state index >= 15 is 0 Å². The topological polar surface area (TPSA) is 74.6 Å². The van der Waals surface area contributed by atoms with Gasteiger partial charge in [-0.25, -0.2) is 0 Å². The first kappa shape index (κ1) is 12.5. The van der Waals surface area contributed by atoms with Crippen molar-refractivity contribution in [3.05, 3.63) is 34.9 Å². The van der Waals surface area contributed by atoms with Gasteiger partial charge in [0.2, 0.25) is 0 Å². The average molecular weight is 222 g/mol. The monoisotopic (exact) mass is 222 g/mol. The average Bonchev–Trinajstić information content (AvgIpc) is 2.28. The van der Waals surface area contributed by atoms with E-state index in [0.717, 1.165) is 0 Å². The van der Waals surface area contributed by atoms with Crippen molar-refractivity contribution >= 4 is 12.1 Å². The molecule has 0 radical (unpaired) electrons. The summed E-state index contributed by atoms with van der Waals surface area (Å²) in [6.07, 6.45) is -0.611. The summed E-state index contributed by atoms with van der Waals surface area (Å²) in [7, 11) is 0. The predicted octanol–water partition coefficient (Wildman–Crippen LogP) is 0.792. The second-order valence-corrected chi connectivity index (χ2v) is 3.51. The van der Waals surface area contributed by atoms with E-state index in [4.69, 9.17) is 5.11 Å². The third kappa shape index (κ3) is 2.53. The molecule has 0 amide bonds. The van der Waals surface area contributed by atoms with E-state index in [1.54, 1.807) is 25.1 Å². The molecule has 0 aliphatic rings. The summed E-state index contributed by atoms with van der Waals surface area (Å²) in [5, 5.41) is 18.4. The number of aldehydes is 1. The molecular weight excluding hydrogens is 208 g/mol. The Labute approximate surface area is 93.5 Å². The van der Waals surface area contributed by atoms with Crippen molar-refractivity contribution in [1.29, 1.82) is 0 Å². The Bertz CT molecular complexity index is 398. The summed E-state index contributed by atoms with van der Waals surface area (Å²) < 4.78 is 0. The van der Waals surface area contributed by atoms with E-state index in [1.165, 1.54) is 0 Å². The lowest BCUT2D eigenvalue weighted by Crippen LogP contribution is -2.09. The summed E-state index contributed by atoms with van der Waals surface area (Å²) in [5.74, 6) is -0.278. The molecule has 2 N–H and O–H groups in total. The summed E-state index contributed by atoms with van der Waals surface area (Å²) in [5.41, 5.74) is 1.53. The van der Waals surface area contributed by atoms with Crippen LogP contribution in [0.25, 0.3) is 0 Å². The molecule has 16 heavy (non-hydrogen) atoms. The minimum absolute atomic E-state index is 0.167. The third-order valence-electron chi connectivity index (χ3n) is 2.48. The molecule has 0 fully saturated rings. The molecule has 0 aromatic heterocycles. The largest absolute Gasteiger partial charge is 0.393 e. The second kappa shape index (κ2) is 5.53. The van der Waals surface area contributed by atoms with Gasteiger partial charge in [0, 0.05) is 5.56 Å². The van der Waals surface area contributed by atoms with Gasteiger partial charge < -0.3 is 15.0 Å². The molecule has 0 bridgehead atoms. The van der Waals surface area contributed by atoms with Crippen LogP contribution in [0.1, 0.15) is 34.0 Å². The fourth-order valence-electron chi connectivity index (χ4n) is 1.60. The molecular formula is C12H14O4. The Morgan fingerprint density at radius 2 is 2.19 bits per heavy atom. The molecule has 0 unspecified atom stereocenters. The molecule has 1 aromatic carbocycles. The van der Waals surface area contributed by atoms with Crippen LogP contribution < -0.4 is 0 Å². The van der Waals surface area contributed by atoms with Gasteiger partial charge in [-0.15, -0.1) is 0 Å². The molecule has 0 saturated carbocycles. The molecule has 0 aliphatic heterocycles. The fraction of sp³-hybridized carbons (Fsp3) is 0.333. The second-order valence-electron chi connectivity index (χ2n) is 3.51.